The van der Waals surface area contributed by atoms with E-state index in [2.05, 4.69) is 4.98 Å². The predicted octanol–water partition coefficient (Wildman–Crippen LogP) is 7.50. The first-order valence-electron chi connectivity index (χ1n) is 11.9. The molecule has 0 unspecified atom stereocenters. The summed E-state index contributed by atoms with van der Waals surface area (Å²) in [7, 11) is 1.95. The van der Waals surface area contributed by atoms with Crippen molar-refractivity contribution >= 4 is 41.1 Å². The van der Waals surface area contributed by atoms with Crippen LogP contribution >= 0.6 is 23.7 Å². The average molecular weight is 584 g/mol. The van der Waals surface area contributed by atoms with Gasteiger partial charge in [-0.3, -0.25) is 4.98 Å². The van der Waals surface area contributed by atoms with Crippen LogP contribution in [0.5, 0.6) is 5.75 Å². The number of carboxylic acid groups (broad SMARTS) is 1. The third-order valence-electron chi connectivity index (χ3n) is 5.73. The summed E-state index contributed by atoms with van der Waals surface area (Å²) in [4.78, 5) is 18.9. The Bertz CT molecular complexity index is 1290. The van der Waals surface area contributed by atoms with Crippen molar-refractivity contribution in [1.82, 2.24) is 9.29 Å². The minimum atomic E-state index is -2.46. The highest BCUT2D eigenvalue weighted by atomic mass is 32.2. The summed E-state index contributed by atoms with van der Waals surface area (Å²) in [5.74, 6) is -4.19. The first-order valence-corrected chi connectivity index (χ1v) is 13.9. The Kier molecular flexibility index (Phi) is 10.5. The van der Waals surface area contributed by atoms with Crippen LogP contribution in [0.3, 0.4) is 0 Å². The van der Waals surface area contributed by atoms with Gasteiger partial charge in [0.25, 0.3) is 0 Å². The van der Waals surface area contributed by atoms with Crippen LogP contribution in [0.4, 0.5) is 28.9 Å². The van der Waals surface area contributed by atoms with E-state index in [0.29, 0.717) is 30.1 Å². The molecule has 0 radical (unpaired) electrons. The molecule has 1 aliphatic heterocycles. The number of aromatic carboxylic acids is 1. The predicted molar refractivity (Wildman–Crippen MR) is 147 cm³/mol. The van der Waals surface area contributed by atoms with E-state index in [-0.39, 0.29) is 18.6 Å². The molecule has 0 fully saturated rings. The average Bonchev–Trinajstić information content (AvgIpc) is 3.03. The summed E-state index contributed by atoms with van der Waals surface area (Å²) in [5, 5.41) is 9.39. The Morgan fingerprint density at radius 3 is 2.44 bits per heavy atom. The second-order valence-electron chi connectivity index (χ2n) is 8.74. The summed E-state index contributed by atoms with van der Waals surface area (Å²) in [5.41, 5.74) is 1.86. The maximum Gasteiger partial charge on any atom is 0.337 e. The lowest BCUT2D eigenvalue weighted by Gasteiger charge is -2.26. The fourth-order valence-corrected chi connectivity index (χ4v) is 5.00. The summed E-state index contributed by atoms with van der Waals surface area (Å²) in [6, 6.07) is 8.95. The molecule has 39 heavy (non-hydrogen) atoms. The Balaban J connectivity index is 0.000000631. The van der Waals surface area contributed by atoms with E-state index in [9.17, 15) is 27.5 Å². The number of ether oxygens (including phenoxy) is 1. The molecule has 0 amide bonds. The van der Waals surface area contributed by atoms with E-state index < -0.39 is 23.5 Å². The maximum absolute atomic E-state index is 13.9. The largest absolute Gasteiger partial charge is 0.488 e. The Morgan fingerprint density at radius 1 is 1.18 bits per heavy atom. The molecule has 0 aliphatic carbocycles. The molecule has 0 saturated carbocycles. The van der Waals surface area contributed by atoms with E-state index in [0.717, 1.165) is 28.5 Å². The van der Waals surface area contributed by atoms with Gasteiger partial charge in [0.05, 0.1) is 21.0 Å². The standard InChI is InChI=1S/C23H21F2N3O3S2.C4H8F2/c1-27-5-6-28(17-8-15(24)7-16(25)9-17)19-10-22(32-2)20(11-21(19)33-27)31-13-14-3-4-26-12-18(14)23(29)30;1-3-4(2,5)6/h3-4,7-12H,5-6,13H2,1-2H3,(H,29,30);3H2,1-2H3. The lowest BCUT2D eigenvalue weighted by atomic mass is 10.1. The van der Waals surface area contributed by atoms with E-state index in [4.69, 9.17) is 4.74 Å². The molecule has 1 aromatic heterocycles. The van der Waals surface area contributed by atoms with Crippen LogP contribution in [0.25, 0.3) is 0 Å². The number of aromatic nitrogens is 1. The van der Waals surface area contributed by atoms with Crippen LogP contribution in [-0.2, 0) is 6.61 Å². The van der Waals surface area contributed by atoms with Gasteiger partial charge in [-0.1, -0.05) is 6.92 Å². The molecule has 6 nitrogen and oxygen atoms in total. The Hall–Kier alpha value is -2.96. The van der Waals surface area contributed by atoms with E-state index >= 15 is 0 Å². The summed E-state index contributed by atoms with van der Waals surface area (Å²) in [6.45, 7) is 3.65. The number of anilines is 2. The smallest absolute Gasteiger partial charge is 0.337 e. The van der Waals surface area contributed by atoms with Gasteiger partial charge in [0.1, 0.15) is 24.0 Å². The fraction of sp³-hybridized carbons (Fsp3) is 0.333. The number of pyridine rings is 1. The molecule has 0 saturated heterocycles. The molecule has 2 aromatic carbocycles. The van der Waals surface area contributed by atoms with Crippen molar-refractivity contribution in [3.05, 3.63) is 71.6 Å². The van der Waals surface area contributed by atoms with Crippen molar-refractivity contribution in [1.29, 1.82) is 0 Å². The molecule has 1 aliphatic rings. The van der Waals surface area contributed by atoms with Crippen LogP contribution in [-0.4, -0.2) is 52.7 Å². The molecule has 0 atom stereocenters. The zero-order valence-electron chi connectivity index (χ0n) is 21.9. The van der Waals surface area contributed by atoms with Crippen molar-refractivity contribution in [3.63, 3.8) is 0 Å². The zero-order valence-corrected chi connectivity index (χ0v) is 23.5. The summed E-state index contributed by atoms with van der Waals surface area (Å²) >= 11 is 2.99. The van der Waals surface area contributed by atoms with Crippen LogP contribution in [0.15, 0.2) is 58.6 Å². The topological polar surface area (TPSA) is 65.9 Å². The maximum atomic E-state index is 13.9. The molecule has 1 N–H and O–H groups in total. The van der Waals surface area contributed by atoms with E-state index in [1.807, 2.05) is 34.6 Å². The number of fused-ring (bicyclic) bond motifs is 1. The number of hydrogen-bond donors (Lipinski definition) is 1. The molecule has 210 valence electrons. The normalized spacial score (nSPS) is 13.7. The highest BCUT2D eigenvalue weighted by Crippen LogP contribution is 2.44. The van der Waals surface area contributed by atoms with Crippen molar-refractivity contribution < 1.29 is 32.2 Å². The van der Waals surface area contributed by atoms with E-state index in [1.165, 1.54) is 55.2 Å². The number of thioether (sulfide) groups is 1. The van der Waals surface area contributed by atoms with Gasteiger partial charge >= 0.3 is 5.97 Å². The number of carbonyl (C=O) groups is 1. The number of alkyl halides is 2. The monoisotopic (exact) mass is 583 g/mol. The Labute approximate surface area is 233 Å². The summed E-state index contributed by atoms with van der Waals surface area (Å²) in [6.07, 6.45) is 4.67. The second kappa shape index (κ2) is 13.4. The van der Waals surface area contributed by atoms with Gasteiger partial charge in [0.15, 0.2) is 0 Å². The minimum Gasteiger partial charge on any atom is -0.488 e. The molecule has 3 aromatic rings. The molecule has 12 heteroatoms. The van der Waals surface area contributed by atoms with Crippen molar-refractivity contribution in [2.24, 2.45) is 0 Å². The number of carboxylic acids is 1. The van der Waals surface area contributed by atoms with Gasteiger partial charge in [-0.25, -0.2) is 26.7 Å². The molecule has 0 spiro atoms. The SMILES string of the molecule is CCC(C)(F)F.CSc1cc2c(cc1OCc1ccncc1C(=O)O)SN(C)CCN2c1cc(F)cc(F)c1. The van der Waals surface area contributed by atoms with Crippen molar-refractivity contribution in [2.45, 2.75) is 42.6 Å². The number of hydrogen-bond acceptors (Lipinski definition) is 7. The van der Waals surface area contributed by atoms with Crippen molar-refractivity contribution in [2.75, 3.05) is 31.3 Å². The van der Waals surface area contributed by atoms with Crippen LogP contribution in [0.2, 0.25) is 0 Å². The van der Waals surface area contributed by atoms with Crippen LogP contribution in [0, 0.1) is 11.6 Å². The molecule has 2 heterocycles. The van der Waals surface area contributed by atoms with Gasteiger partial charge in [-0.05, 0) is 62.5 Å². The van der Waals surface area contributed by atoms with Crippen LogP contribution in [0.1, 0.15) is 36.2 Å². The Morgan fingerprint density at radius 2 is 1.85 bits per heavy atom. The molecule has 4 rings (SSSR count). The molecule has 0 bridgehead atoms. The quantitative estimate of drug-likeness (QED) is 0.174. The lowest BCUT2D eigenvalue weighted by molar-refractivity contribution is 0.0181. The second-order valence-corrected chi connectivity index (χ2v) is 10.8. The highest BCUT2D eigenvalue weighted by Gasteiger charge is 2.24. The van der Waals surface area contributed by atoms with Crippen molar-refractivity contribution in [3.8, 4) is 5.75 Å². The van der Waals surface area contributed by atoms with Gasteiger partial charge in [-0.15, -0.1) is 11.8 Å². The highest BCUT2D eigenvalue weighted by molar-refractivity contribution is 7.98. The van der Waals surface area contributed by atoms with Gasteiger partial charge in [-0.2, -0.15) is 0 Å². The first kappa shape index (κ1) is 30.6. The van der Waals surface area contributed by atoms with Crippen LogP contribution < -0.4 is 9.64 Å². The molecular formula is C27H29F4N3O3S2. The number of halogens is 4. The van der Waals surface area contributed by atoms with Gasteiger partial charge in [0.2, 0.25) is 5.92 Å². The molecular weight excluding hydrogens is 554 g/mol. The number of likely N-dealkylation sites (N-methyl/N-ethyl adjacent to an activating group) is 1. The van der Waals surface area contributed by atoms with Gasteiger partial charge in [0, 0.05) is 49.2 Å². The third-order valence-corrected chi connectivity index (χ3v) is 7.51. The number of rotatable bonds is 7. The minimum absolute atomic E-state index is 0.0625. The number of benzene rings is 2. The van der Waals surface area contributed by atoms with Gasteiger partial charge < -0.3 is 14.7 Å². The fourth-order valence-electron chi connectivity index (χ4n) is 3.52. The zero-order chi connectivity index (χ0) is 28.7. The third kappa shape index (κ3) is 8.51. The summed E-state index contributed by atoms with van der Waals surface area (Å²) < 4.78 is 58.9. The van der Waals surface area contributed by atoms with E-state index in [1.54, 1.807) is 6.07 Å². The first-order chi connectivity index (χ1) is 18.4. The lowest BCUT2D eigenvalue weighted by Crippen LogP contribution is -2.24. The number of nitrogens with zero attached hydrogens (tertiary/aromatic N) is 3.